The van der Waals surface area contributed by atoms with Crippen LogP contribution in [0.1, 0.15) is 44.6 Å². The molecule has 0 bridgehead atoms. The standard InChI is InChI=1S/C32H27ClF3N7O2S/c1-15-12-44-26-22-25(24(36)21(23(26)33)17-3-4-19(35)27-20(17)18(10-37)28(39)46-27)40-30(41-29(22)43(15)31(13-38)6-7-31)45-14-32-5-2-8-42(32)11-16(34)9-32/h3-4,15-16H,2,5-9,11-12,14,39H2,1H3/t15-,16+,32-/m0/s1. The van der Waals surface area contributed by atoms with Gasteiger partial charge in [0.2, 0.25) is 0 Å². The number of aromatic nitrogens is 2. The number of nitrogens with two attached hydrogens (primary N) is 1. The predicted molar refractivity (Wildman–Crippen MR) is 168 cm³/mol. The number of fused-ring (bicyclic) bond motifs is 2. The summed E-state index contributed by atoms with van der Waals surface area (Å²) in [4.78, 5) is 13.2. The summed E-state index contributed by atoms with van der Waals surface area (Å²) in [5.41, 5.74) is 4.54. The van der Waals surface area contributed by atoms with Gasteiger partial charge >= 0.3 is 6.01 Å². The smallest absolute Gasteiger partial charge is 0.319 e. The zero-order valence-electron chi connectivity index (χ0n) is 24.7. The normalized spacial score (nSPS) is 24.8. The number of rotatable bonds is 5. The zero-order valence-corrected chi connectivity index (χ0v) is 26.2. The van der Waals surface area contributed by atoms with Crippen molar-refractivity contribution in [2.24, 2.45) is 0 Å². The molecule has 1 aliphatic carbocycles. The second-order valence-electron chi connectivity index (χ2n) is 12.7. The van der Waals surface area contributed by atoms with Gasteiger partial charge in [-0.2, -0.15) is 20.5 Å². The van der Waals surface area contributed by atoms with Crippen LogP contribution in [-0.4, -0.2) is 64.5 Å². The number of ether oxygens (including phenoxy) is 2. The molecule has 14 heteroatoms. The Balaban J connectivity index is 1.37. The lowest BCUT2D eigenvalue weighted by Gasteiger charge is -2.33. The van der Waals surface area contributed by atoms with Crippen molar-refractivity contribution >= 4 is 54.7 Å². The van der Waals surface area contributed by atoms with Crippen molar-refractivity contribution in [1.82, 2.24) is 14.9 Å². The first kappa shape index (κ1) is 29.4. The predicted octanol–water partition coefficient (Wildman–Crippen LogP) is 6.50. The molecule has 0 radical (unpaired) electrons. The zero-order chi connectivity index (χ0) is 32.1. The summed E-state index contributed by atoms with van der Waals surface area (Å²) in [5, 5.41) is 20.4. The molecule has 9 nitrogen and oxygen atoms in total. The van der Waals surface area contributed by atoms with E-state index in [9.17, 15) is 19.3 Å². The Labute approximate surface area is 270 Å². The average Bonchev–Trinajstić information content (AvgIpc) is 3.51. The Kier molecular flexibility index (Phi) is 6.53. The second-order valence-corrected chi connectivity index (χ2v) is 14.1. The van der Waals surface area contributed by atoms with Gasteiger partial charge in [0, 0.05) is 23.9 Å². The number of nitrogen functional groups attached to an aromatic ring is 1. The second kappa shape index (κ2) is 10.2. The van der Waals surface area contributed by atoms with Gasteiger partial charge < -0.3 is 20.1 Å². The molecule has 3 atom stereocenters. The summed E-state index contributed by atoms with van der Waals surface area (Å²) in [6.07, 6.45) is 2.19. The van der Waals surface area contributed by atoms with Gasteiger partial charge in [-0.05, 0) is 50.8 Å². The first-order chi connectivity index (χ1) is 22.1. The lowest BCUT2D eigenvalue weighted by atomic mass is 9.95. The molecule has 2 N–H and O–H groups in total. The van der Waals surface area contributed by atoms with Crippen LogP contribution in [0.2, 0.25) is 5.02 Å². The maximum atomic E-state index is 17.1. The van der Waals surface area contributed by atoms with Crippen LogP contribution in [0.15, 0.2) is 12.1 Å². The van der Waals surface area contributed by atoms with Crippen molar-refractivity contribution in [3.8, 4) is 35.0 Å². The van der Waals surface area contributed by atoms with Crippen molar-refractivity contribution in [3.63, 3.8) is 0 Å². The van der Waals surface area contributed by atoms with Crippen molar-refractivity contribution in [3.05, 3.63) is 34.4 Å². The van der Waals surface area contributed by atoms with E-state index in [1.165, 1.54) is 12.1 Å². The van der Waals surface area contributed by atoms with Crippen LogP contribution in [-0.2, 0) is 0 Å². The minimum atomic E-state index is -0.966. The van der Waals surface area contributed by atoms with E-state index in [1.807, 2.05) is 17.9 Å². The Morgan fingerprint density at radius 1 is 1.22 bits per heavy atom. The van der Waals surface area contributed by atoms with E-state index in [0.29, 0.717) is 25.8 Å². The molecule has 2 aromatic carbocycles. The highest BCUT2D eigenvalue weighted by atomic mass is 35.5. The maximum absolute atomic E-state index is 17.1. The molecule has 0 spiro atoms. The number of hydrogen-bond acceptors (Lipinski definition) is 10. The Bertz CT molecular complexity index is 2060. The molecule has 3 fully saturated rings. The van der Waals surface area contributed by atoms with Crippen LogP contribution in [0, 0.1) is 34.3 Å². The lowest BCUT2D eigenvalue weighted by Crippen LogP contribution is -2.46. The molecule has 236 valence electrons. The summed E-state index contributed by atoms with van der Waals surface area (Å²) in [5.74, 6) is -1.11. The van der Waals surface area contributed by atoms with Crippen molar-refractivity contribution in [2.45, 2.75) is 62.3 Å². The van der Waals surface area contributed by atoms with Gasteiger partial charge in [0.25, 0.3) is 0 Å². The molecule has 0 amide bonds. The summed E-state index contributed by atoms with van der Waals surface area (Å²) in [7, 11) is 0. The number of anilines is 2. The molecule has 2 aromatic heterocycles. The molecule has 5 heterocycles. The molecular weight excluding hydrogens is 639 g/mol. The molecule has 1 saturated carbocycles. The minimum absolute atomic E-state index is 0.0110. The van der Waals surface area contributed by atoms with E-state index >= 15 is 4.39 Å². The summed E-state index contributed by atoms with van der Waals surface area (Å²) in [6.45, 7) is 3.20. The highest BCUT2D eigenvalue weighted by Gasteiger charge is 2.53. The van der Waals surface area contributed by atoms with Gasteiger partial charge in [-0.25, -0.2) is 13.2 Å². The van der Waals surface area contributed by atoms with Crippen LogP contribution in [0.3, 0.4) is 0 Å². The minimum Gasteiger partial charge on any atom is -0.489 e. The van der Waals surface area contributed by atoms with Crippen LogP contribution < -0.4 is 20.1 Å². The van der Waals surface area contributed by atoms with Gasteiger partial charge in [0.1, 0.15) is 53.1 Å². The summed E-state index contributed by atoms with van der Waals surface area (Å²) < 4.78 is 59.1. The Morgan fingerprint density at radius 2 is 2.02 bits per heavy atom. The van der Waals surface area contributed by atoms with E-state index in [4.69, 9.17) is 31.8 Å². The highest BCUT2D eigenvalue weighted by Crippen LogP contribution is 2.54. The molecule has 8 rings (SSSR count). The molecule has 46 heavy (non-hydrogen) atoms. The number of benzene rings is 2. The Morgan fingerprint density at radius 3 is 2.76 bits per heavy atom. The van der Waals surface area contributed by atoms with Gasteiger partial charge in [-0.1, -0.05) is 17.7 Å². The first-order valence-electron chi connectivity index (χ1n) is 15.1. The molecule has 0 unspecified atom stereocenters. The van der Waals surface area contributed by atoms with E-state index in [1.54, 1.807) is 0 Å². The third-order valence-electron chi connectivity index (χ3n) is 9.90. The highest BCUT2D eigenvalue weighted by molar-refractivity contribution is 7.23. The van der Waals surface area contributed by atoms with E-state index in [-0.39, 0.29) is 84.5 Å². The number of nitriles is 2. The van der Waals surface area contributed by atoms with Gasteiger partial charge in [-0.3, -0.25) is 4.90 Å². The van der Waals surface area contributed by atoms with Crippen molar-refractivity contribution in [2.75, 3.05) is 36.9 Å². The van der Waals surface area contributed by atoms with Gasteiger partial charge in [0.15, 0.2) is 11.6 Å². The number of alkyl halides is 1. The molecular formula is C32H27ClF3N7O2S. The molecule has 2 saturated heterocycles. The van der Waals surface area contributed by atoms with Crippen molar-refractivity contribution < 1.29 is 22.6 Å². The lowest BCUT2D eigenvalue weighted by molar-refractivity contribution is 0.107. The van der Waals surface area contributed by atoms with Gasteiger partial charge in [-0.15, -0.1) is 11.3 Å². The molecule has 4 aromatic rings. The third-order valence-corrected chi connectivity index (χ3v) is 11.3. The van der Waals surface area contributed by atoms with Gasteiger partial charge in [0.05, 0.1) is 38.3 Å². The molecule has 4 aliphatic rings. The fourth-order valence-electron chi connectivity index (χ4n) is 7.64. The monoisotopic (exact) mass is 665 g/mol. The van der Waals surface area contributed by atoms with Crippen LogP contribution in [0.25, 0.3) is 32.1 Å². The third kappa shape index (κ3) is 4.08. The number of nitrogens with zero attached hydrogens (tertiary/aromatic N) is 6. The van der Waals surface area contributed by atoms with Crippen LogP contribution >= 0.6 is 22.9 Å². The topological polar surface area (TPSA) is 124 Å². The SMILES string of the molecule is C[C@H]1COc2c(Cl)c(-c3ccc(F)c4sc(N)c(C#N)c34)c(F)c3nc(OC[C@@]45CCCN4C[C@H](F)C5)nc(c23)N1C1(C#N)CC1. The quantitative estimate of drug-likeness (QED) is 0.255. The number of halogens is 4. The Hall–Kier alpha value is -4.04. The summed E-state index contributed by atoms with van der Waals surface area (Å²) >= 11 is 7.88. The van der Waals surface area contributed by atoms with E-state index in [2.05, 4.69) is 16.0 Å². The molecule has 3 aliphatic heterocycles. The fraction of sp³-hybridized carbons (Fsp3) is 0.438. The van der Waals surface area contributed by atoms with E-state index < -0.39 is 28.9 Å². The first-order valence-corrected chi connectivity index (χ1v) is 16.3. The largest absolute Gasteiger partial charge is 0.489 e. The average molecular weight is 666 g/mol. The number of thiophene rings is 1. The number of hydrogen-bond donors (Lipinski definition) is 1. The van der Waals surface area contributed by atoms with Crippen LogP contribution in [0.5, 0.6) is 11.8 Å². The van der Waals surface area contributed by atoms with Crippen LogP contribution in [0.4, 0.5) is 24.0 Å². The summed E-state index contributed by atoms with van der Waals surface area (Å²) in [6, 6.07) is 6.46. The van der Waals surface area contributed by atoms with E-state index in [0.717, 1.165) is 30.7 Å². The van der Waals surface area contributed by atoms with Crippen molar-refractivity contribution in [1.29, 1.82) is 10.5 Å². The maximum Gasteiger partial charge on any atom is 0.319 e. The fourth-order valence-corrected chi connectivity index (χ4v) is 8.92.